The van der Waals surface area contributed by atoms with E-state index in [0.717, 1.165) is 41.4 Å². The van der Waals surface area contributed by atoms with Gasteiger partial charge >= 0.3 is 11.9 Å². The van der Waals surface area contributed by atoms with Gasteiger partial charge in [-0.25, -0.2) is 9.59 Å². The van der Waals surface area contributed by atoms with E-state index in [9.17, 15) is 9.59 Å². The molecule has 0 spiro atoms. The number of hydrogen-bond acceptors (Lipinski definition) is 6. The van der Waals surface area contributed by atoms with E-state index >= 15 is 0 Å². The quantitative estimate of drug-likeness (QED) is 0.324. The molecule has 0 N–H and O–H groups in total. The number of thioether (sulfide) groups is 2. The van der Waals surface area contributed by atoms with Crippen molar-refractivity contribution in [1.29, 1.82) is 0 Å². The largest absolute Gasteiger partial charge is 0.462 e. The molecule has 0 aromatic rings. The third-order valence-electron chi connectivity index (χ3n) is 2.49. The molecule has 20 heavy (non-hydrogen) atoms. The predicted octanol–water partition coefficient (Wildman–Crippen LogP) is 3.36. The van der Waals surface area contributed by atoms with Crippen molar-refractivity contribution in [2.24, 2.45) is 0 Å². The second kappa shape index (κ2) is 10.2. The van der Waals surface area contributed by atoms with E-state index in [1.807, 2.05) is 13.8 Å². The highest BCUT2D eigenvalue weighted by Crippen LogP contribution is 2.36. The zero-order valence-electron chi connectivity index (χ0n) is 12.1. The topological polar surface area (TPSA) is 52.6 Å². The van der Waals surface area contributed by atoms with Crippen LogP contribution in [0.25, 0.3) is 0 Å². The molecule has 1 heterocycles. The monoisotopic (exact) mass is 318 g/mol. The lowest BCUT2D eigenvalue weighted by molar-refractivity contribution is -0.147. The van der Waals surface area contributed by atoms with Crippen molar-refractivity contribution < 1.29 is 19.1 Å². The highest BCUT2D eigenvalue weighted by Gasteiger charge is 2.27. The molecule has 0 radical (unpaired) electrons. The second-order valence-corrected chi connectivity index (χ2v) is 6.81. The lowest BCUT2D eigenvalue weighted by Gasteiger charge is -2.11. The van der Waals surface area contributed by atoms with Crippen molar-refractivity contribution in [3.63, 3.8) is 0 Å². The molecule has 1 rings (SSSR count). The van der Waals surface area contributed by atoms with Crippen molar-refractivity contribution in [3.05, 3.63) is 9.81 Å². The normalized spacial score (nSPS) is 15.4. The van der Waals surface area contributed by atoms with Crippen molar-refractivity contribution >= 4 is 35.5 Å². The molecule has 1 aliphatic rings. The van der Waals surface area contributed by atoms with Crippen LogP contribution in [0.4, 0.5) is 0 Å². The molecular formula is C14H22O4S2. The number of carbonyl (C=O) groups is 2. The summed E-state index contributed by atoms with van der Waals surface area (Å²) in [5.41, 5.74) is 0.0869. The van der Waals surface area contributed by atoms with E-state index < -0.39 is 11.9 Å². The summed E-state index contributed by atoms with van der Waals surface area (Å²) in [4.78, 5) is 24.2. The molecule has 0 atom stereocenters. The minimum Gasteiger partial charge on any atom is -0.462 e. The first-order valence-corrected chi connectivity index (χ1v) is 9.01. The Balaban J connectivity index is 2.89. The molecule has 6 heteroatoms. The van der Waals surface area contributed by atoms with Crippen LogP contribution >= 0.6 is 23.5 Å². The third-order valence-corrected chi connectivity index (χ3v) is 5.12. The Morgan fingerprint density at radius 1 is 0.950 bits per heavy atom. The van der Waals surface area contributed by atoms with Gasteiger partial charge in [0.2, 0.25) is 0 Å². The highest BCUT2D eigenvalue weighted by atomic mass is 32.2. The van der Waals surface area contributed by atoms with Gasteiger partial charge in [-0.1, -0.05) is 13.8 Å². The third kappa shape index (κ3) is 5.79. The van der Waals surface area contributed by atoms with Crippen LogP contribution in [0.2, 0.25) is 0 Å². The summed E-state index contributed by atoms with van der Waals surface area (Å²) in [6.45, 7) is 4.49. The maximum Gasteiger partial charge on any atom is 0.347 e. The lowest BCUT2D eigenvalue weighted by Crippen LogP contribution is -2.20. The van der Waals surface area contributed by atoms with E-state index in [0.29, 0.717) is 13.2 Å². The van der Waals surface area contributed by atoms with Gasteiger partial charge in [0.05, 0.1) is 17.5 Å². The summed E-state index contributed by atoms with van der Waals surface area (Å²) in [6, 6.07) is 0. The Bertz CT molecular complexity index is 334. The van der Waals surface area contributed by atoms with Crippen LogP contribution in [0.1, 0.15) is 39.5 Å². The molecule has 0 aliphatic carbocycles. The SMILES string of the molecule is CCCOC(=O)C(C(=O)OCCC)=C1SCCCCS1. The van der Waals surface area contributed by atoms with Gasteiger partial charge in [0.15, 0.2) is 5.57 Å². The van der Waals surface area contributed by atoms with Gasteiger partial charge in [0.1, 0.15) is 0 Å². The fourth-order valence-corrected chi connectivity index (χ4v) is 4.03. The van der Waals surface area contributed by atoms with Gasteiger partial charge in [0.25, 0.3) is 0 Å². The van der Waals surface area contributed by atoms with Crippen molar-refractivity contribution in [2.45, 2.75) is 39.5 Å². The van der Waals surface area contributed by atoms with Crippen LogP contribution in [0.15, 0.2) is 9.81 Å². The number of rotatable bonds is 6. The zero-order valence-corrected chi connectivity index (χ0v) is 13.7. The summed E-state index contributed by atoms with van der Waals surface area (Å²) in [5.74, 6) is 0.747. The zero-order chi connectivity index (χ0) is 14.8. The molecule has 0 unspecified atom stereocenters. The van der Waals surface area contributed by atoms with Gasteiger partial charge in [-0.05, 0) is 37.2 Å². The molecule has 1 fully saturated rings. The van der Waals surface area contributed by atoms with Gasteiger partial charge in [-0.2, -0.15) is 0 Å². The fraction of sp³-hybridized carbons (Fsp3) is 0.714. The lowest BCUT2D eigenvalue weighted by atomic mass is 10.3. The molecule has 0 bridgehead atoms. The van der Waals surface area contributed by atoms with Crippen LogP contribution in [0.5, 0.6) is 0 Å². The molecule has 1 saturated heterocycles. The highest BCUT2D eigenvalue weighted by molar-refractivity contribution is 8.22. The minimum absolute atomic E-state index is 0.0869. The van der Waals surface area contributed by atoms with Crippen LogP contribution in [0, 0.1) is 0 Å². The van der Waals surface area contributed by atoms with Gasteiger partial charge < -0.3 is 9.47 Å². The standard InChI is InChI=1S/C14H22O4S2/c1-3-7-17-12(15)11(13(16)18-8-4-2)14-19-9-5-6-10-20-14/h3-10H2,1-2H3. The summed E-state index contributed by atoms with van der Waals surface area (Å²) >= 11 is 3.11. The molecule has 0 amide bonds. The summed E-state index contributed by atoms with van der Waals surface area (Å²) in [6.07, 6.45) is 3.67. The van der Waals surface area contributed by atoms with E-state index in [4.69, 9.17) is 9.47 Å². The number of carbonyl (C=O) groups excluding carboxylic acids is 2. The molecule has 0 aromatic carbocycles. The van der Waals surface area contributed by atoms with E-state index in [1.54, 1.807) is 23.5 Å². The predicted molar refractivity (Wildman–Crippen MR) is 83.7 cm³/mol. The maximum atomic E-state index is 12.1. The van der Waals surface area contributed by atoms with E-state index in [2.05, 4.69) is 0 Å². The van der Waals surface area contributed by atoms with Crippen molar-refractivity contribution in [2.75, 3.05) is 24.7 Å². The smallest absolute Gasteiger partial charge is 0.347 e. The Labute approximate surface area is 129 Å². The molecule has 114 valence electrons. The molecule has 0 saturated carbocycles. The van der Waals surface area contributed by atoms with Gasteiger partial charge in [0, 0.05) is 0 Å². The number of hydrogen-bond donors (Lipinski definition) is 0. The van der Waals surface area contributed by atoms with Crippen LogP contribution < -0.4 is 0 Å². The number of ether oxygens (including phenoxy) is 2. The molecular weight excluding hydrogens is 296 g/mol. The first kappa shape index (κ1) is 17.4. The Morgan fingerprint density at radius 2 is 1.40 bits per heavy atom. The van der Waals surface area contributed by atoms with Crippen LogP contribution in [-0.4, -0.2) is 36.7 Å². The summed E-state index contributed by atoms with van der Waals surface area (Å²) < 4.78 is 11.0. The Hall–Kier alpha value is -0.620. The fourth-order valence-electron chi connectivity index (χ4n) is 1.50. The maximum absolute atomic E-state index is 12.1. The number of esters is 2. The summed E-state index contributed by atoms with van der Waals surface area (Å²) in [5, 5.41) is 0. The van der Waals surface area contributed by atoms with E-state index in [1.165, 1.54) is 0 Å². The average molecular weight is 318 g/mol. The Kier molecular flexibility index (Phi) is 8.85. The minimum atomic E-state index is -0.551. The summed E-state index contributed by atoms with van der Waals surface area (Å²) in [7, 11) is 0. The van der Waals surface area contributed by atoms with Crippen molar-refractivity contribution in [1.82, 2.24) is 0 Å². The average Bonchev–Trinajstić information content (AvgIpc) is 2.72. The molecule has 1 aliphatic heterocycles. The van der Waals surface area contributed by atoms with Crippen molar-refractivity contribution in [3.8, 4) is 0 Å². The van der Waals surface area contributed by atoms with Crippen LogP contribution in [-0.2, 0) is 19.1 Å². The van der Waals surface area contributed by atoms with E-state index in [-0.39, 0.29) is 5.57 Å². The van der Waals surface area contributed by atoms with Crippen LogP contribution in [0.3, 0.4) is 0 Å². The molecule has 0 aromatic heterocycles. The second-order valence-electron chi connectivity index (χ2n) is 4.34. The first-order chi connectivity index (χ1) is 9.70. The van der Waals surface area contributed by atoms with Gasteiger partial charge in [-0.3, -0.25) is 0 Å². The Morgan fingerprint density at radius 3 is 1.80 bits per heavy atom. The molecule has 4 nitrogen and oxygen atoms in total. The first-order valence-electron chi connectivity index (χ1n) is 7.04. The van der Waals surface area contributed by atoms with Gasteiger partial charge in [-0.15, -0.1) is 23.5 Å².